The molecule has 1 aliphatic rings. The predicted octanol–water partition coefficient (Wildman–Crippen LogP) is 1.55. The van der Waals surface area contributed by atoms with Crippen molar-refractivity contribution in [1.82, 2.24) is 4.98 Å². The van der Waals surface area contributed by atoms with Crippen molar-refractivity contribution < 1.29 is 19.4 Å². The van der Waals surface area contributed by atoms with Crippen molar-refractivity contribution in [2.45, 2.75) is 17.9 Å². The summed E-state index contributed by atoms with van der Waals surface area (Å²) in [5.41, 5.74) is 0.408. The van der Waals surface area contributed by atoms with Crippen molar-refractivity contribution >= 4 is 23.5 Å². The minimum atomic E-state index is -0.433. The molecule has 20 heavy (non-hydrogen) atoms. The van der Waals surface area contributed by atoms with E-state index in [1.807, 2.05) is 0 Å². The van der Waals surface area contributed by atoms with Crippen LogP contribution in [0.2, 0.25) is 0 Å². The number of carbonyl (C=O) groups excluding carboxylic acids is 2. The fourth-order valence-corrected chi connectivity index (χ4v) is 3.60. The molecule has 1 aromatic heterocycles. The minimum absolute atomic E-state index is 0.0280. The first-order valence-electron chi connectivity index (χ1n) is 6.47. The van der Waals surface area contributed by atoms with Gasteiger partial charge in [-0.3, -0.25) is 4.79 Å². The van der Waals surface area contributed by atoms with Crippen molar-refractivity contribution in [2.24, 2.45) is 11.8 Å². The number of esters is 1. The summed E-state index contributed by atoms with van der Waals surface area (Å²) in [6, 6.07) is 3.33. The van der Waals surface area contributed by atoms with Gasteiger partial charge in [-0.2, -0.15) is 0 Å². The van der Waals surface area contributed by atoms with Crippen LogP contribution in [0.25, 0.3) is 0 Å². The Hall–Kier alpha value is -1.40. The van der Waals surface area contributed by atoms with E-state index in [2.05, 4.69) is 4.98 Å². The number of rotatable bonds is 5. The van der Waals surface area contributed by atoms with Crippen molar-refractivity contribution in [2.75, 3.05) is 19.5 Å². The van der Waals surface area contributed by atoms with Crippen molar-refractivity contribution in [3.8, 4) is 0 Å². The highest BCUT2D eigenvalue weighted by Crippen LogP contribution is 2.33. The molecule has 1 fully saturated rings. The SMILES string of the molecule is COC(=O)c1cccnc1SC[C@@H]1C(=O)CC[C@H]1CO. The number of carbonyl (C=O) groups is 2. The van der Waals surface area contributed by atoms with Gasteiger partial charge < -0.3 is 9.84 Å². The molecule has 108 valence electrons. The summed E-state index contributed by atoms with van der Waals surface area (Å²) in [7, 11) is 1.33. The first-order chi connectivity index (χ1) is 9.67. The molecule has 0 aliphatic heterocycles. The maximum atomic E-state index is 11.8. The summed E-state index contributed by atoms with van der Waals surface area (Å²) in [4.78, 5) is 27.6. The third-order valence-electron chi connectivity index (χ3n) is 3.55. The zero-order valence-electron chi connectivity index (χ0n) is 11.2. The summed E-state index contributed by atoms with van der Waals surface area (Å²) >= 11 is 1.37. The highest BCUT2D eigenvalue weighted by molar-refractivity contribution is 7.99. The third kappa shape index (κ3) is 3.19. The summed E-state index contributed by atoms with van der Waals surface area (Å²) in [5.74, 6) is 0.160. The Morgan fingerprint density at radius 1 is 1.60 bits per heavy atom. The molecule has 1 aliphatic carbocycles. The van der Waals surface area contributed by atoms with Crippen molar-refractivity contribution in [3.05, 3.63) is 23.9 Å². The topological polar surface area (TPSA) is 76.5 Å². The number of aliphatic hydroxyl groups is 1. The Balaban J connectivity index is 2.07. The van der Waals surface area contributed by atoms with E-state index in [0.717, 1.165) is 6.42 Å². The number of aromatic nitrogens is 1. The Kier molecular flexibility index (Phi) is 5.14. The van der Waals surface area contributed by atoms with Crippen LogP contribution in [0, 0.1) is 11.8 Å². The van der Waals surface area contributed by atoms with Gasteiger partial charge in [-0.05, 0) is 24.5 Å². The van der Waals surface area contributed by atoms with Gasteiger partial charge in [0.05, 0.1) is 12.7 Å². The molecule has 0 aromatic carbocycles. The van der Waals surface area contributed by atoms with Crippen LogP contribution in [0.1, 0.15) is 23.2 Å². The summed E-state index contributed by atoms with van der Waals surface area (Å²) in [5, 5.41) is 9.85. The molecule has 0 saturated heterocycles. The van der Waals surface area contributed by atoms with Crippen LogP contribution in [-0.4, -0.2) is 41.3 Å². The maximum absolute atomic E-state index is 11.8. The van der Waals surface area contributed by atoms with Gasteiger partial charge >= 0.3 is 5.97 Å². The number of methoxy groups -OCH3 is 1. The number of nitrogens with zero attached hydrogens (tertiary/aromatic N) is 1. The van der Waals surface area contributed by atoms with Crippen molar-refractivity contribution in [3.63, 3.8) is 0 Å². The molecular weight excluding hydrogens is 278 g/mol. The van der Waals surface area contributed by atoms with E-state index in [1.165, 1.54) is 18.9 Å². The summed E-state index contributed by atoms with van der Waals surface area (Å²) in [6.07, 6.45) is 2.88. The van der Waals surface area contributed by atoms with Crippen molar-refractivity contribution in [1.29, 1.82) is 0 Å². The van der Waals surface area contributed by atoms with E-state index in [1.54, 1.807) is 18.3 Å². The van der Waals surface area contributed by atoms with Crippen LogP contribution in [0.5, 0.6) is 0 Å². The number of aliphatic hydroxyl groups excluding tert-OH is 1. The number of thioether (sulfide) groups is 1. The van der Waals surface area contributed by atoms with Crippen LogP contribution < -0.4 is 0 Å². The van der Waals surface area contributed by atoms with Crippen LogP contribution in [0.15, 0.2) is 23.4 Å². The van der Waals surface area contributed by atoms with Gasteiger partial charge in [0, 0.05) is 30.9 Å². The molecule has 0 amide bonds. The molecule has 1 N–H and O–H groups in total. The molecule has 1 heterocycles. The first kappa shape index (κ1) is 15.0. The van der Waals surface area contributed by atoms with E-state index in [-0.39, 0.29) is 24.2 Å². The second-order valence-corrected chi connectivity index (χ2v) is 5.72. The molecule has 6 heteroatoms. The average Bonchev–Trinajstić information content (AvgIpc) is 2.85. The van der Waals surface area contributed by atoms with E-state index in [0.29, 0.717) is 22.8 Å². The van der Waals surface area contributed by atoms with Gasteiger partial charge in [-0.15, -0.1) is 11.8 Å². The maximum Gasteiger partial charge on any atom is 0.340 e. The quantitative estimate of drug-likeness (QED) is 0.656. The zero-order chi connectivity index (χ0) is 14.5. The lowest BCUT2D eigenvalue weighted by molar-refractivity contribution is -0.120. The lowest BCUT2D eigenvalue weighted by Gasteiger charge is -2.15. The molecule has 2 atom stereocenters. The van der Waals surface area contributed by atoms with Crippen LogP contribution in [0.4, 0.5) is 0 Å². The molecule has 5 nitrogen and oxygen atoms in total. The molecule has 0 unspecified atom stereocenters. The molecule has 0 bridgehead atoms. The second kappa shape index (κ2) is 6.85. The van der Waals surface area contributed by atoms with Crippen LogP contribution in [0.3, 0.4) is 0 Å². The molecule has 2 rings (SSSR count). The third-order valence-corrected chi connectivity index (χ3v) is 4.68. The van der Waals surface area contributed by atoms with E-state index >= 15 is 0 Å². The number of hydrogen-bond donors (Lipinski definition) is 1. The predicted molar refractivity (Wildman–Crippen MR) is 74.6 cm³/mol. The van der Waals surface area contributed by atoms with Gasteiger partial charge in [0.25, 0.3) is 0 Å². The number of ether oxygens (including phenoxy) is 1. The Labute approximate surface area is 121 Å². The van der Waals surface area contributed by atoms with Gasteiger partial charge in [-0.1, -0.05) is 0 Å². The Morgan fingerprint density at radius 2 is 2.40 bits per heavy atom. The molecule has 1 aromatic rings. The van der Waals surface area contributed by atoms with Gasteiger partial charge in [-0.25, -0.2) is 9.78 Å². The second-order valence-electron chi connectivity index (χ2n) is 4.71. The standard InChI is InChI=1S/C14H17NO4S/c1-19-14(18)10-3-2-6-15-13(10)20-8-11-9(7-16)4-5-12(11)17/h2-3,6,9,11,16H,4-5,7-8H2,1H3/t9-,11-/m0/s1. The smallest absolute Gasteiger partial charge is 0.340 e. The molecular formula is C14H17NO4S. The first-order valence-corrected chi connectivity index (χ1v) is 7.45. The fraction of sp³-hybridized carbons (Fsp3) is 0.500. The van der Waals surface area contributed by atoms with E-state index in [9.17, 15) is 14.7 Å². The summed E-state index contributed by atoms with van der Waals surface area (Å²) < 4.78 is 4.71. The highest BCUT2D eigenvalue weighted by Gasteiger charge is 2.34. The average molecular weight is 295 g/mol. The number of pyridine rings is 1. The minimum Gasteiger partial charge on any atom is -0.465 e. The number of hydrogen-bond acceptors (Lipinski definition) is 6. The Morgan fingerprint density at radius 3 is 3.10 bits per heavy atom. The lowest BCUT2D eigenvalue weighted by atomic mass is 9.99. The summed E-state index contributed by atoms with van der Waals surface area (Å²) in [6.45, 7) is 0.0308. The normalized spacial score (nSPS) is 22.0. The van der Waals surface area contributed by atoms with Crippen LogP contribution >= 0.6 is 11.8 Å². The highest BCUT2D eigenvalue weighted by atomic mass is 32.2. The van der Waals surface area contributed by atoms with Gasteiger partial charge in [0.1, 0.15) is 10.8 Å². The lowest BCUT2D eigenvalue weighted by Crippen LogP contribution is -2.20. The Bertz CT molecular complexity index is 506. The van der Waals surface area contributed by atoms with Gasteiger partial charge in [0.15, 0.2) is 0 Å². The van der Waals surface area contributed by atoms with E-state index < -0.39 is 5.97 Å². The van der Waals surface area contributed by atoms with Gasteiger partial charge in [0.2, 0.25) is 0 Å². The molecule has 1 saturated carbocycles. The zero-order valence-corrected chi connectivity index (χ0v) is 12.1. The monoisotopic (exact) mass is 295 g/mol. The molecule has 0 radical (unpaired) electrons. The fourth-order valence-electron chi connectivity index (χ4n) is 2.36. The van der Waals surface area contributed by atoms with E-state index in [4.69, 9.17) is 4.74 Å². The largest absolute Gasteiger partial charge is 0.465 e. The number of ketones is 1. The number of Topliss-reactive ketones (excluding diaryl/α,β-unsaturated/α-hetero) is 1. The molecule has 0 spiro atoms. The van der Waals surface area contributed by atoms with Crippen LogP contribution in [-0.2, 0) is 9.53 Å².